The van der Waals surface area contributed by atoms with Crippen LogP contribution in [0, 0.1) is 0 Å². The molecule has 0 bridgehead atoms. The van der Waals surface area contributed by atoms with Gasteiger partial charge < -0.3 is 10.6 Å². The average molecular weight is 185 g/mol. The van der Waals surface area contributed by atoms with Gasteiger partial charge in [-0.1, -0.05) is 17.7 Å². The van der Waals surface area contributed by atoms with Crippen LogP contribution >= 0.6 is 11.6 Å². The molecule has 0 aromatic heterocycles. The normalized spacial score (nSPS) is 9.92. The van der Waals surface area contributed by atoms with E-state index in [9.17, 15) is 0 Å². The van der Waals surface area contributed by atoms with Crippen molar-refractivity contribution in [2.24, 2.45) is 5.73 Å². The van der Waals surface area contributed by atoms with E-state index in [1.54, 1.807) is 0 Å². The fraction of sp³-hybridized carbons (Fsp3) is 0.333. The van der Waals surface area contributed by atoms with Crippen molar-refractivity contribution in [2.45, 2.75) is 0 Å². The fourth-order valence-electron chi connectivity index (χ4n) is 1.04. The van der Waals surface area contributed by atoms with Gasteiger partial charge in [0, 0.05) is 30.8 Å². The minimum atomic E-state index is 0.656. The van der Waals surface area contributed by atoms with Crippen molar-refractivity contribution < 1.29 is 0 Å². The monoisotopic (exact) mass is 184 g/mol. The Labute approximate surface area is 77.9 Å². The predicted molar refractivity (Wildman–Crippen MR) is 53.8 cm³/mol. The van der Waals surface area contributed by atoms with E-state index in [0.717, 1.165) is 17.3 Å². The molecule has 0 radical (unpaired) electrons. The molecule has 0 saturated heterocycles. The molecule has 0 fully saturated rings. The molecule has 0 amide bonds. The first-order valence-electron chi connectivity index (χ1n) is 3.91. The molecule has 0 heterocycles. The largest absolute Gasteiger partial charge is 0.373 e. The van der Waals surface area contributed by atoms with Gasteiger partial charge >= 0.3 is 0 Å². The van der Waals surface area contributed by atoms with Crippen LogP contribution in [0.5, 0.6) is 0 Å². The molecule has 1 rings (SSSR count). The van der Waals surface area contributed by atoms with Gasteiger partial charge in [-0.25, -0.2) is 0 Å². The molecule has 0 atom stereocenters. The average Bonchev–Trinajstić information content (AvgIpc) is 2.05. The van der Waals surface area contributed by atoms with Gasteiger partial charge in [0.2, 0.25) is 0 Å². The summed E-state index contributed by atoms with van der Waals surface area (Å²) in [5.74, 6) is 0. The molecule has 1 aromatic rings. The van der Waals surface area contributed by atoms with E-state index >= 15 is 0 Å². The van der Waals surface area contributed by atoms with Crippen LogP contribution in [0.2, 0.25) is 5.02 Å². The number of anilines is 1. The van der Waals surface area contributed by atoms with E-state index < -0.39 is 0 Å². The number of halogens is 1. The van der Waals surface area contributed by atoms with Crippen LogP contribution in [0.15, 0.2) is 24.3 Å². The molecule has 3 heteroatoms. The molecular formula is C9H13ClN2. The molecule has 12 heavy (non-hydrogen) atoms. The molecule has 66 valence electrons. The Balaban J connectivity index is 2.73. The summed E-state index contributed by atoms with van der Waals surface area (Å²) in [7, 11) is 2.00. The highest BCUT2D eigenvalue weighted by Gasteiger charge is 1.98. The second-order valence-corrected chi connectivity index (χ2v) is 3.13. The summed E-state index contributed by atoms with van der Waals surface area (Å²) in [4.78, 5) is 2.08. The fourth-order valence-corrected chi connectivity index (χ4v) is 1.22. The zero-order chi connectivity index (χ0) is 8.97. The van der Waals surface area contributed by atoms with E-state index in [1.807, 2.05) is 31.3 Å². The molecule has 0 saturated carbocycles. The summed E-state index contributed by atoms with van der Waals surface area (Å²) >= 11 is 5.83. The summed E-state index contributed by atoms with van der Waals surface area (Å²) in [5.41, 5.74) is 6.53. The first-order valence-corrected chi connectivity index (χ1v) is 4.28. The van der Waals surface area contributed by atoms with E-state index in [0.29, 0.717) is 6.54 Å². The van der Waals surface area contributed by atoms with E-state index in [4.69, 9.17) is 17.3 Å². The molecule has 0 aliphatic rings. The number of hydrogen-bond acceptors (Lipinski definition) is 2. The van der Waals surface area contributed by atoms with Gasteiger partial charge in [-0.2, -0.15) is 0 Å². The molecule has 1 aromatic carbocycles. The maximum Gasteiger partial charge on any atom is 0.0426 e. The number of nitrogens with two attached hydrogens (primary N) is 1. The number of rotatable bonds is 3. The second kappa shape index (κ2) is 4.33. The van der Waals surface area contributed by atoms with Gasteiger partial charge in [0.1, 0.15) is 0 Å². The highest BCUT2D eigenvalue weighted by atomic mass is 35.5. The minimum Gasteiger partial charge on any atom is -0.373 e. The van der Waals surface area contributed by atoms with Crippen molar-refractivity contribution in [3.8, 4) is 0 Å². The number of benzene rings is 1. The first kappa shape index (κ1) is 9.36. The van der Waals surface area contributed by atoms with Crippen molar-refractivity contribution in [1.29, 1.82) is 0 Å². The zero-order valence-corrected chi connectivity index (χ0v) is 7.88. The molecule has 2 N–H and O–H groups in total. The van der Waals surface area contributed by atoms with Gasteiger partial charge in [0.25, 0.3) is 0 Å². The molecule has 0 spiro atoms. The van der Waals surface area contributed by atoms with Gasteiger partial charge in [-0.3, -0.25) is 0 Å². The Morgan fingerprint density at radius 1 is 1.50 bits per heavy atom. The van der Waals surface area contributed by atoms with Crippen molar-refractivity contribution >= 4 is 17.3 Å². The lowest BCUT2D eigenvalue weighted by molar-refractivity contribution is 0.886. The molecular weight excluding hydrogens is 172 g/mol. The van der Waals surface area contributed by atoms with Crippen LogP contribution in [-0.2, 0) is 0 Å². The Morgan fingerprint density at radius 2 is 2.25 bits per heavy atom. The number of hydrogen-bond donors (Lipinski definition) is 1. The van der Waals surface area contributed by atoms with Crippen molar-refractivity contribution in [3.63, 3.8) is 0 Å². The lowest BCUT2D eigenvalue weighted by Crippen LogP contribution is -2.24. The van der Waals surface area contributed by atoms with Crippen LogP contribution in [0.4, 0.5) is 5.69 Å². The van der Waals surface area contributed by atoms with Gasteiger partial charge in [0.15, 0.2) is 0 Å². The zero-order valence-electron chi connectivity index (χ0n) is 7.13. The first-order chi connectivity index (χ1) is 5.74. The van der Waals surface area contributed by atoms with Gasteiger partial charge in [-0.15, -0.1) is 0 Å². The second-order valence-electron chi connectivity index (χ2n) is 2.69. The highest BCUT2D eigenvalue weighted by Crippen LogP contribution is 2.17. The summed E-state index contributed by atoms with van der Waals surface area (Å²) < 4.78 is 0. The van der Waals surface area contributed by atoms with Crippen LogP contribution < -0.4 is 10.6 Å². The predicted octanol–water partition coefficient (Wildman–Crippen LogP) is 1.73. The Kier molecular flexibility index (Phi) is 3.38. The molecule has 0 unspecified atom stereocenters. The Hall–Kier alpha value is -0.730. The van der Waals surface area contributed by atoms with Crippen molar-refractivity contribution in [1.82, 2.24) is 0 Å². The Morgan fingerprint density at radius 3 is 2.83 bits per heavy atom. The van der Waals surface area contributed by atoms with Crippen LogP contribution in [0.25, 0.3) is 0 Å². The van der Waals surface area contributed by atoms with Crippen LogP contribution in [0.3, 0.4) is 0 Å². The highest BCUT2D eigenvalue weighted by molar-refractivity contribution is 6.30. The van der Waals surface area contributed by atoms with E-state index in [-0.39, 0.29) is 0 Å². The summed E-state index contributed by atoms with van der Waals surface area (Å²) in [6.45, 7) is 1.50. The smallest absolute Gasteiger partial charge is 0.0426 e. The topological polar surface area (TPSA) is 29.3 Å². The molecule has 2 nitrogen and oxygen atoms in total. The SMILES string of the molecule is CN(CCN)c1cccc(Cl)c1. The van der Waals surface area contributed by atoms with Crippen LogP contribution in [0.1, 0.15) is 0 Å². The lowest BCUT2D eigenvalue weighted by atomic mass is 10.3. The van der Waals surface area contributed by atoms with E-state index in [1.165, 1.54) is 0 Å². The van der Waals surface area contributed by atoms with Gasteiger partial charge in [-0.05, 0) is 18.2 Å². The summed E-state index contributed by atoms with van der Waals surface area (Å²) in [6.07, 6.45) is 0. The lowest BCUT2D eigenvalue weighted by Gasteiger charge is -2.17. The third kappa shape index (κ3) is 2.40. The maximum absolute atomic E-state index is 5.83. The van der Waals surface area contributed by atoms with Crippen molar-refractivity contribution in [2.75, 3.05) is 25.0 Å². The third-order valence-corrected chi connectivity index (χ3v) is 1.95. The maximum atomic E-state index is 5.83. The van der Waals surface area contributed by atoms with Crippen molar-refractivity contribution in [3.05, 3.63) is 29.3 Å². The number of likely N-dealkylation sites (N-methyl/N-ethyl adjacent to an activating group) is 1. The van der Waals surface area contributed by atoms with E-state index in [2.05, 4.69) is 4.90 Å². The minimum absolute atomic E-state index is 0.656. The summed E-state index contributed by atoms with van der Waals surface area (Å²) in [5, 5.41) is 0.761. The quantitative estimate of drug-likeness (QED) is 0.776. The number of nitrogens with zero attached hydrogens (tertiary/aromatic N) is 1. The standard InChI is InChI=1S/C9H13ClN2/c1-12(6-5-11)9-4-2-3-8(10)7-9/h2-4,7H,5-6,11H2,1H3. The molecule has 0 aliphatic carbocycles. The third-order valence-electron chi connectivity index (χ3n) is 1.71. The van der Waals surface area contributed by atoms with Gasteiger partial charge in [0.05, 0.1) is 0 Å². The molecule has 0 aliphatic heterocycles. The Bertz CT molecular complexity index is 250. The van der Waals surface area contributed by atoms with Crippen LogP contribution in [-0.4, -0.2) is 20.1 Å². The summed E-state index contributed by atoms with van der Waals surface area (Å²) in [6, 6.07) is 7.74.